The fraction of sp³-hybridized carbons (Fsp3) is 0.529. The molecule has 0 aliphatic rings. The van der Waals surface area contributed by atoms with E-state index in [9.17, 15) is 19.2 Å². The van der Waals surface area contributed by atoms with Gasteiger partial charge in [-0.3, -0.25) is 29.1 Å². The minimum absolute atomic E-state index is 0.0491. The normalized spacial score (nSPS) is 13.0. The molecule has 0 aliphatic carbocycles. The van der Waals surface area contributed by atoms with Crippen molar-refractivity contribution >= 4 is 23.9 Å². The monoisotopic (exact) mass is 642 g/mol. The van der Waals surface area contributed by atoms with Crippen molar-refractivity contribution in [2.75, 3.05) is 61.9 Å². The molecule has 2 rings (SSSR count). The molecular formula is C34H50N4O8. The van der Waals surface area contributed by atoms with Gasteiger partial charge in [-0.05, 0) is 116 Å². The van der Waals surface area contributed by atoms with E-state index in [0.717, 1.165) is 11.1 Å². The highest BCUT2D eigenvalue weighted by molar-refractivity contribution is 5.83. The van der Waals surface area contributed by atoms with E-state index in [-0.39, 0.29) is 54.5 Å². The first-order chi connectivity index (χ1) is 21.3. The van der Waals surface area contributed by atoms with Crippen molar-refractivity contribution in [2.24, 2.45) is 17.6 Å². The zero-order valence-electron chi connectivity index (χ0n) is 28.8. The Bertz CT molecular complexity index is 1370. The highest BCUT2D eigenvalue weighted by Gasteiger charge is 2.27. The van der Waals surface area contributed by atoms with Gasteiger partial charge in [0.2, 0.25) is 0 Å². The van der Waals surface area contributed by atoms with Gasteiger partial charge in [0, 0.05) is 0 Å². The molecule has 0 heterocycles. The third-order valence-corrected chi connectivity index (χ3v) is 6.84. The number of ether oxygens (including phenoxy) is 4. The molecule has 0 radical (unpaired) electrons. The lowest BCUT2D eigenvalue weighted by Gasteiger charge is -2.22. The first kappa shape index (κ1) is 38.3. The van der Waals surface area contributed by atoms with Crippen molar-refractivity contribution in [1.82, 2.24) is 14.7 Å². The Balaban J connectivity index is 2.26. The second kappa shape index (κ2) is 17.2. The van der Waals surface area contributed by atoms with Crippen LogP contribution in [0.1, 0.15) is 38.8 Å². The van der Waals surface area contributed by atoms with Crippen LogP contribution < -0.4 is 24.7 Å². The molecule has 2 N–H and O–H groups in total. The second-order valence-corrected chi connectivity index (χ2v) is 13.2. The van der Waals surface area contributed by atoms with E-state index in [0.29, 0.717) is 12.8 Å². The number of hydrogen-bond acceptors (Lipinski definition) is 12. The SMILES string of the molecule is C[C@H](Cc1ccc(OC(=O)C(C)(C)N)c(OC(=O)CN(C)C)c1)[C@@H](C)Cc1ccc(OC(=O)CN(C)C)c(OC(=O)CN(C)C)c1. The molecule has 2 atom stereocenters. The zero-order chi connectivity index (χ0) is 34.8. The molecule has 0 aromatic heterocycles. The van der Waals surface area contributed by atoms with Gasteiger partial charge >= 0.3 is 23.9 Å². The number of nitrogens with zero attached hydrogens (tertiary/aromatic N) is 3. The molecule has 0 unspecified atom stereocenters. The van der Waals surface area contributed by atoms with E-state index in [2.05, 4.69) is 13.8 Å². The van der Waals surface area contributed by atoms with Crippen molar-refractivity contribution in [3.63, 3.8) is 0 Å². The van der Waals surface area contributed by atoms with E-state index in [1.54, 1.807) is 81.3 Å². The second-order valence-electron chi connectivity index (χ2n) is 13.2. The van der Waals surface area contributed by atoms with Gasteiger partial charge in [0.05, 0.1) is 19.6 Å². The summed E-state index contributed by atoms with van der Waals surface area (Å²) < 4.78 is 22.2. The smallest absolute Gasteiger partial charge is 0.331 e. The number of rotatable bonds is 16. The predicted molar refractivity (Wildman–Crippen MR) is 175 cm³/mol. The minimum atomic E-state index is -1.23. The molecule has 0 spiro atoms. The lowest BCUT2D eigenvalue weighted by atomic mass is 9.85. The van der Waals surface area contributed by atoms with Crippen LogP contribution >= 0.6 is 0 Å². The van der Waals surface area contributed by atoms with E-state index >= 15 is 0 Å². The van der Waals surface area contributed by atoms with E-state index < -0.39 is 29.4 Å². The summed E-state index contributed by atoms with van der Waals surface area (Å²) in [5.41, 5.74) is 6.46. The molecule has 254 valence electrons. The van der Waals surface area contributed by atoms with Crippen LogP contribution in [-0.4, -0.2) is 106 Å². The molecule has 0 bridgehead atoms. The van der Waals surface area contributed by atoms with Gasteiger partial charge in [0.1, 0.15) is 5.54 Å². The van der Waals surface area contributed by atoms with Crippen LogP contribution in [0.4, 0.5) is 0 Å². The zero-order valence-corrected chi connectivity index (χ0v) is 28.8. The maximum atomic E-state index is 12.5. The summed E-state index contributed by atoms with van der Waals surface area (Å²) in [6, 6.07) is 10.4. The van der Waals surface area contributed by atoms with E-state index in [1.165, 1.54) is 13.8 Å². The van der Waals surface area contributed by atoms with Gasteiger partial charge in [-0.1, -0.05) is 26.0 Å². The van der Waals surface area contributed by atoms with Crippen LogP contribution in [0.15, 0.2) is 36.4 Å². The van der Waals surface area contributed by atoms with E-state index in [4.69, 9.17) is 24.7 Å². The Hall–Kier alpha value is -3.84. The van der Waals surface area contributed by atoms with Gasteiger partial charge in [-0.2, -0.15) is 0 Å². The topological polar surface area (TPSA) is 141 Å². The van der Waals surface area contributed by atoms with E-state index in [1.807, 2.05) is 12.1 Å². The summed E-state index contributed by atoms with van der Waals surface area (Å²) in [4.78, 5) is 54.8. The molecule has 12 nitrogen and oxygen atoms in total. The van der Waals surface area contributed by atoms with Crippen LogP contribution in [0.2, 0.25) is 0 Å². The largest absolute Gasteiger partial charge is 0.422 e. The first-order valence-corrected chi connectivity index (χ1v) is 15.2. The van der Waals surface area contributed by atoms with Crippen LogP contribution in [0, 0.1) is 11.8 Å². The summed E-state index contributed by atoms with van der Waals surface area (Å²) in [5.74, 6) is -1.13. The highest BCUT2D eigenvalue weighted by atomic mass is 16.6. The Morgan fingerprint density at radius 2 is 0.935 bits per heavy atom. The van der Waals surface area contributed by atoms with Crippen molar-refractivity contribution in [1.29, 1.82) is 0 Å². The van der Waals surface area contributed by atoms with Crippen LogP contribution in [0.3, 0.4) is 0 Å². The molecule has 0 saturated carbocycles. The van der Waals surface area contributed by atoms with Gasteiger partial charge in [0.15, 0.2) is 23.0 Å². The molecule has 0 fully saturated rings. The lowest BCUT2D eigenvalue weighted by Crippen LogP contribution is -2.44. The number of carbonyl (C=O) groups is 4. The molecule has 46 heavy (non-hydrogen) atoms. The molecule has 0 amide bonds. The van der Waals surface area contributed by atoms with Gasteiger partial charge in [-0.25, -0.2) is 4.79 Å². The highest BCUT2D eigenvalue weighted by Crippen LogP contribution is 2.33. The molecule has 2 aromatic carbocycles. The lowest BCUT2D eigenvalue weighted by molar-refractivity contribution is -0.140. The number of esters is 4. The van der Waals surface area contributed by atoms with Gasteiger partial charge in [-0.15, -0.1) is 0 Å². The number of hydrogen-bond donors (Lipinski definition) is 1. The Labute approximate surface area is 272 Å². The first-order valence-electron chi connectivity index (χ1n) is 15.2. The Kier molecular flexibility index (Phi) is 14.3. The maximum Gasteiger partial charge on any atom is 0.331 e. The Morgan fingerprint density at radius 1 is 0.609 bits per heavy atom. The third-order valence-electron chi connectivity index (χ3n) is 6.84. The van der Waals surface area contributed by atoms with Crippen LogP contribution in [0.25, 0.3) is 0 Å². The molecule has 12 heteroatoms. The molecular weight excluding hydrogens is 592 g/mol. The van der Waals surface area contributed by atoms with Crippen molar-refractivity contribution in [3.05, 3.63) is 47.5 Å². The third kappa shape index (κ3) is 13.3. The fourth-order valence-electron chi connectivity index (χ4n) is 4.30. The van der Waals surface area contributed by atoms with Crippen molar-refractivity contribution < 1.29 is 38.1 Å². The number of benzene rings is 2. The average molecular weight is 643 g/mol. The predicted octanol–water partition coefficient (Wildman–Crippen LogP) is 2.79. The van der Waals surface area contributed by atoms with Crippen molar-refractivity contribution in [3.8, 4) is 23.0 Å². The summed E-state index contributed by atoms with van der Waals surface area (Å²) in [5, 5.41) is 0. The minimum Gasteiger partial charge on any atom is -0.422 e. The molecule has 0 aliphatic heterocycles. The quantitative estimate of drug-likeness (QED) is 0.213. The summed E-state index contributed by atoms with van der Waals surface area (Å²) in [6.07, 6.45) is 1.29. The molecule has 0 saturated heterocycles. The van der Waals surface area contributed by atoms with Gasteiger partial charge in [0.25, 0.3) is 0 Å². The molecule has 2 aromatic rings. The summed E-state index contributed by atoms with van der Waals surface area (Å²) in [7, 11) is 10.5. The maximum absolute atomic E-state index is 12.5. The average Bonchev–Trinajstić information content (AvgIpc) is 2.89. The fourth-order valence-corrected chi connectivity index (χ4v) is 4.30. The van der Waals surface area contributed by atoms with Crippen molar-refractivity contribution in [2.45, 2.75) is 46.1 Å². The summed E-state index contributed by atoms with van der Waals surface area (Å²) in [6.45, 7) is 7.49. The van der Waals surface area contributed by atoms with Gasteiger partial charge < -0.3 is 24.7 Å². The number of likely N-dealkylation sites (N-methyl/N-ethyl adjacent to an activating group) is 3. The summed E-state index contributed by atoms with van der Waals surface area (Å²) >= 11 is 0. The number of nitrogens with two attached hydrogens (primary N) is 1. The van der Waals surface area contributed by atoms with Crippen LogP contribution in [-0.2, 0) is 32.0 Å². The standard InChI is InChI=1S/C34H50N4O8/c1-22(15-24-11-13-26(43-30(39)19-36(5)6)28(17-24)44-31(40)20-37(7)8)23(2)16-25-12-14-27(46-33(42)34(3,4)35)29(18-25)45-32(41)21-38(9)10/h11-14,17-18,22-23H,15-16,19-21,35H2,1-10H3/t22-,23+/m0/s1. The Morgan fingerprint density at radius 3 is 1.26 bits per heavy atom. The number of carbonyl (C=O) groups excluding carboxylic acids is 4. The van der Waals surface area contributed by atoms with Crippen LogP contribution in [0.5, 0.6) is 23.0 Å².